The number of fused-ring (bicyclic) bond motifs is 1. The Morgan fingerprint density at radius 1 is 1.15 bits per heavy atom. The van der Waals surface area contributed by atoms with Gasteiger partial charge in [0.25, 0.3) is 0 Å². The second-order valence-corrected chi connectivity index (χ2v) is 6.98. The predicted octanol–water partition coefficient (Wildman–Crippen LogP) is 2.82. The van der Waals surface area contributed by atoms with Gasteiger partial charge in [0, 0.05) is 22.1 Å². The molecule has 3 aromatic rings. The third-order valence-electron chi connectivity index (χ3n) is 4.64. The Labute approximate surface area is 151 Å². The Balaban J connectivity index is 1.62. The summed E-state index contributed by atoms with van der Waals surface area (Å²) in [6.07, 6.45) is 1.62. The zero-order chi connectivity index (χ0) is 18.1. The standard InChI is InChI=1S/C20H17N5O/c1-20(2)11-10-17-16(18(20)26)9-8-15(21-17)7-6-13-4-3-5-14(12-13)19-22-24-25-23-19/h3-5,8-9,12H,10-11H2,1-2H3,(H,22,23,24,25). The lowest BCUT2D eigenvalue weighted by molar-refractivity contribution is 0.0809. The molecule has 6 nitrogen and oxygen atoms in total. The second-order valence-electron chi connectivity index (χ2n) is 6.98. The van der Waals surface area contributed by atoms with E-state index in [1.807, 2.05) is 50.2 Å². The molecule has 128 valence electrons. The summed E-state index contributed by atoms with van der Waals surface area (Å²) in [5.74, 6) is 6.97. The van der Waals surface area contributed by atoms with Gasteiger partial charge in [0.1, 0.15) is 5.69 Å². The molecule has 1 aliphatic rings. The number of hydrogen-bond acceptors (Lipinski definition) is 5. The van der Waals surface area contributed by atoms with Crippen molar-refractivity contribution in [1.29, 1.82) is 0 Å². The largest absolute Gasteiger partial charge is 0.294 e. The molecular formula is C20H17N5O. The summed E-state index contributed by atoms with van der Waals surface area (Å²) in [4.78, 5) is 17.1. The van der Waals surface area contributed by atoms with Crippen molar-refractivity contribution in [3.63, 3.8) is 0 Å². The third-order valence-corrected chi connectivity index (χ3v) is 4.64. The van der Waals surface area contributed by atoms with Gasteiger partial charge in [-0.25, -0.2) is 10.1 Å². The molecule has 0 radical (unpaired) electrons. The number of nitrogens with one attached hydrogen (secondary N) is 1. The maximum Gasteiger partial charge on any atom is 0.179 e. The molecule has 0 amide bonds. The molecule has 4 rings (SSSR count). The minimum Gasteiger partial charge on any atom is -0.294 e. The molecule has 0 bridgehead atoms. The highest BCUT2D eigenvalue weighted by Crippen LogP contribution is 2.33. The lowest BCUT2D eigenvalue weighted by Gasteiger charge is -2.28. The van der Waals surface area contributed by atoms with Crippen LogP contribution >= 0.6 is 0 Å². The van der Waals surface area contributed by atoms with Gasteiger partial charge in [-0.2, -0.15) is 0 Å². The van der Waals surface area contributed by atoms with E-state index in [1.54, 1.807) is 0 Å². The first-order valence-electron chi connectivity index (χ1n) is 8.44. The molecular weight excluding hydrogens is 326 g/mol. The van der Waals surface area contributed by atoms with E-state index in [-0.39, 0.29) is 11.2 Å². The summed E-state index contributed by atoms with van der Waals surface area (Å²) in [6, 6.07) is 11.3. The van der Waals surface area contributed by atoms with Crippen LogP contribution in [-0.2, 0) is 6.42 Å². The number of carbonyl (C=O) groups is 1. The number of aromatic amines is 1. The van der Waals surface area contributed by atoms with E-state index in [4.69, 9.17) is 0 Å². The van der Waals surface area contributed by atoms with E-state index >= 15 is 0 Å². The van der Waals surface area contributed by atoms with Crippen LogP contribution in [0.1, 0.15) is 47.6 Å². The van der Waals surface area contributed by atoms with Gasteiger partial charge >= 0.3 is 0 Å². The smallest absolute Gasteiger partial charge is 0.179 e. The lowest BCUT2D eigenvalue weighted by Crippen LogP contribution is -2.31. The van der Waals surface area contributed by atoms with E-state index in [2.05, 4.69) is 37.4 Å². The molecule has 2 heterocycles. The fourth-order valence-corrected chi connectivity index (χ4v) is 3.04. The van der Waals surface area contributed by atoms with Gasteiger partial charge in [-0.3, -0.25) is 4.79 Å². The van der Waals surface area contributed by atoms with Crippen molar-refractivity contribution in [1.82, 2.24) is 25.6 Å². The van der Waals surface area contributed by atoms with Crippen LogP contribution < -0.4 is 0 Å². The average Bonchev–Trinajstić information content (AvgIpc) is 3.18. The Hall–Kier alpha value is -3.33. The molecule has 26 heavy (non-hydrogen) atoms. The quantitative estimate of drug-likeness (QED) is 0.687. The number of ketones is 1. The lowest BCUT2D eigenvalue weighted by atomic mass is 9.75. The van der Waals surface area contributed by atoms with Gasteiger partial charge in [-0.15, -0.1) is 5.10 Å². The van der Waals surface area contributed by atoms with Crippen molar-refractivity contribution in [2.24, 2.45) is 5.41 Å². The maximum absolute atomic E-state index is 12.5. The molecule has 0 fully saturated rings. The van der Waals surface area contributed by atoms with Crippen LogP contribution in [0.5, 0.6) is 0 Å². The zero-order valence-corrected chi connectivity index (χ0v) is 14.6. The summed E-state index contributed by atoms with van der Waals surface area (Å²) in [7, 11) is 0. The predicted molar refractivity (Wildman–Crippen MR) is 96.3 cm³/mol. The molecule has 0 aliphatic heterocycles. The molecule has 1 aromatic carbocycles. The Bertz CT molecular complexity index is 1040. The molecule has 0 saturated carbocycles. The van der Waals surface area contributed by atoms with Gasteiger partial charge in [-0.1, -0.05) is 31.9 Å². The zero-order valence-electron chi connectivity index (χ0n) is 14.6. The van der Waals surface area contributed by atoms with E-state index in [0.29, 0.717) is 11.5 Å². The molecule has 0 spiro atoms. The van der Waals surface area contributed by atoms with Gasteiger partial charge < -0.3 is 0 Å². The Morgan fingerprint density at radius 2 is 2.04 bits per heavy atom. The van der Waals surface area contributed by atoms with E-state index < -0.39 is 0 Å². The number of pyridine rings is 1. The number of hydrogen-bond donors (Lipinski definition) is 1. The first kappa shape index (κ1) is 16.2. The normalized spacial score (nSPS) is 15.1. The van der Waals surface area contributed by atoms with Crippen LogP contribution in [0.2, 0.25) is 0 Å². The number of rotatable bonds is 1. The molecule has 0 atom stereocenters. The van der Waals surface area contributed by atoms with Crippen molar-refractivity contribution in [2.45, 2.75) is 26.7 Å². The van der Waals surface area contributed by atoms with Gasteiger partial charge in [0.2, 0.25) is 0 Å². The van der Waals surface area contributed by atoms with Crippen molar-refractivity contribution in [3.05, 3.63) is 58.9 Å². The number of aryl methyl sites for hydroxylation is 1. The molecule has 1 aliphatic carbocycles. The monoisotopic (exact) mass is 343 g/mol. The minimum atomic E-state index is -0.308. The van der Waals surface area contributed by atoms with Crippen LogP contribution in [0.25, 0.3) is 11.4 Å². The van der Waals surface area contributed by atoms with Gasteiger partial charge in [0.15, 0.2) is 11.6 Å². The van der Waals surface area contributed by atoms with Crippen molar-refractivity contribution in [3.8, 4) is 23.2 Å². The van der Waals surface area contributed by atoms with Crippen molar-refractivity contribution in [2.75, 3.05) is 0 Å². The minimum absolute atomic E-state index is 0.166. The Kier molecular flexibility index (Phi) is 3.85. The number of tetrazole rings is 1. The number of aromatic nitrogens is 5. The topological polar surface area (TPSA) is 84.4 Å². The fourth-order valence-electron chi connectivity index (χ4n) is 3.04. The van der Waals surface area contributed by atoms with E-state index in [1.165, 1.54) is 0 Å². The van der Waals surface area contributed by atoms with Gasteiger partial charge in [0.05, 0.1) is 5.69 Å². The number of benzene rings is 1. The second kappa shape index (κ2) is 6.19. The van der Waals surface area contributed by atoms with Crippen molar-refractivity contribution >= 4 is 5.78 Å². The molecule has 2 aromatic heterocycles. The fraction of sp³-hybridized carbons (Fsp3) is 0.250. The van der Waals surface area contributed by atoms with E-state index in [9.17, 15) is 4.79 Å². The third kappa shape index (κ3) is 3.00. The summed E-state index contributed by atoms with van der Waals surface area (Å²) < 4.78 is 0. The SMILES string of the molecule is CC1(C)CCc2nc(C#Cc3cccc(-c4nnn[nH]4)c3)ccc2C1=O. The van der Waals surface area contributed by atoms with E-state index in [0.717, 1.165) is 35.2 Å². The number of carbonyl (C=O) groups excluding carboxylic acids is 1. The highest BCUT2D eigenvalue weighted by molar-refractivity contribution is 6.01. The van der Waals surface area contributed by atoms with Crippen LogP contribution in [0, 0.1) is 17.3 Å². The molecule has 6 heteroatoms. The van der Waals surface area contributed by atoms with Crippen molar-refractivity contribution < 1.29 is 4.79 Å². The first-order valence-corrected chi connectivity index (χ1v) is 8.44. The van der Waals surface area contributed by atoms with Crippen LogP contribution in [0.15, 0.2) is 36.4 Å². The van der Waals surface area contributed by atoms with Crippen LogP contribution in [0.3, 0.4) is 0 Å². The molecule has 0 unspecified atom stereocenters. The summed E-state index contributed by atoms with van der Waals surface area (Å²) in [6.45, 7) is 3.98. The first-order chi connectivity index (χ1) is 12.5. The number of Topliss-reactive ketones (excluding diaryl/α,β-unsaturated/α-hetero) is 1. The maximum atomic E-state index is 12.5. The van der Waals surface area contributed by atoms with Gasteiger partial charge in [-0.05, 0) is 53.5 Å². The summed E-state index contributed by atoms with van der Waals surface area (Å²) in [5.41, 5.74) is 3.65. The summed E-state index contributed by atoms with van der Waals surface area (Å²) in [5, 5.41) is 13.8. The highest BCUT2D eigenvalue weighted by Gasteiger charge is 2.34. The highest BCUT2D eigenvalue weighted by atomic mass is 16.1. The van der Waals surface area contributed by atoms with Crippen LogP contribution in [0.4, 0.5) is 0 Å². The van der Waals surface area contributed by atoms with Crippen LogP contribution in [-0.4, -0.2) is 31.4 Å². The number of nitrogens with zero attached hydrogens (tertiary/aromatic N) is 4. The average molecular weight is 343 g/mol. The summed E-state index contributed by atoms with van der Waals surface area (Å²) >= 11 is 0. The number of H-pyrrole nitrogens is 1. The molecule has 0 saturated heterocycles. The molecule has 1 N–H and O–H groups in total. The Morgan fingerprint density at radius 3 is 2.85 bits per heavy atom.